The van der Waals surface area contributed by atoms with E-state index < -0.39 is 0 Å². The number of rotatable bonds is 3. The molecule has 14 heavy (non-hydrogen) atoms. The molecule has 0 amide bonds. The van der Waals surface area contributed by atoms with Gasteiger partial charge in [-0.05, 0) is 18.4 Å². The van der Waals surface area contributed by atoms with Gasteiger partial charge in [-0.25, -0.2) is 4.68 Å². The Balaban J connectivity index is 2.45. The minimum Gasteiger partial charge on any atom is -0.242 e. The van der Waals surface area contributed by atoms with E-state index in [4.69, 9.17) is 11.6 Å². The fourth-order valence-corrected chi connectivity index (χ4v) is 1.94. The molecule has 5 heteroatoms. The van der Waals surface area contributed by atoms with E-state index in [1.54, 1.807) is 11.8 Å². The highest BCUT2D eigenvalue weighted by atomic mass is 35.5. The van der Waals surface area contributed by atoms with Crippen LogP contribution in [0.5, 0.6) is 0 Å². The largest absolute Gasteiger partial charge is 0.242 e. The van der Waals surface area contributed by atoms with Crippen molar-refractivity contribution < 1.29 is 0 Å². The molecule has 0 unspecified atom stereocenters. The van der Waals surface area contributed by atoms with Crippen LogP contribution in [-0.2, 0) is 6.54 Å². The van der Waals surface area contributed by atoms with Crippen LogP contribution in [-0.4, -0.2) is 27.0 Å². The minimum absolute atomic E-state index is 0.716. The number of thioether (sulfide) groups is 1. The van der Waals surface area contributed by atoms with Crippen molar-refractivity contribution in [2.45, 2.75) is 6.54 Å². The van der Waals surface area contributed by atoms with Crippen molar-refractivity contribution >= 4 is 34.4 Å². The van der Waals surface area contributed by atoms with E-state index in [0.29, 0.717) is 5.02 Å². The third-order valence-corrected chi connectivity index (χ3v) is 2.89. The summed E-state index contributed by atoms with van der Waals surface area (Å²) in [5.74, 6) is 1.02. The lowest BCUT2D eigenvalue weighted by Crippen LogP contribution is -2.02. The number of benzene rings is 1. The molecule has 0 saturated carbocycles. The fourth-order valence-electron chi connectivity index (χ4n) is 1.32. The molecular weight excluding hydrogens is 218 g/mol. The Morgan fingerprint density at radius 2 is 2.36 bits per heavy atom. The highest BCUT2D eigenvalue weighted by Gasteiger charge is 2.06. The van der Waals surface area contributed by atoms with Crippen molar-refractivity contribution in [3.05, 3.63) is 23.2 Å². The van der Waals surface area contributed by atoms with Gasteiger partial charge in [0.1, 0.15) is 11.0 Å². The van der Waals surface area contributed by atoms with Gasteiger partial charge in [-0.15, -0.1) is 5.10 Å². The van der Waals surface area contributed by atoms with Gasteiger partial charge in [0.15, 0.2) is 0 Å². The van der Waals surface area contributed by atoms with Crippen molar-refractivity contribution in [1.82, 2.24) is 15.0 Å². The van der Waals surface area contributed by atoms with Crippen LogP contribution in [0, 0.1) is 0 Å². The van der Waals surface area contributed by atoms with Crippen LogP contribution in [0.3, 0.4) is 0 Å². The van der Waals surface area contributed by atoms with Crippen molar-refractivity contribution in [3.8, 4) is 0 Å². The summed E-state index contributed by atoms with van der Waals surface area (Å²) in [6, 6.07) is 5.67. The van der Waals surface area contributed by atoms with Crippen LogP contribution in [0.15, 0.2) is 18.2 Å². The van der Waals surface area contributed by atoms with Gasteiger partial charge >= 0.3 is 0 Å². The van der Waals surface area contributed by atoms with Gasteiger partial charge in [0, 0.05) is 5.75 Å². The van der Waals surface area contributed by atoms with E-state index in [-0.39, 0.29) is 0 Å². The zero-order valence-electron chi connectivity index (χ0n) is 7.77. The maximum Gasteiger partial charge on any atom is 0.114 e. The predicted octanol–water partition coefficient (Wildman–Crippen LogP) is 2.45. The Morgan fingerprint density at radius 1 is 1.50 bits per heavy atom. The topological polar surface area (TPSA) is 30.7 Å². The monoisotopic (exact) mass is 227 g/mol. The summed E-state index contributed by atoms with van der Waals surface area (Å²) >= 11 is 7.86. The SMILES string of the molecule is CSCCn1nnc2cccc(Cl)c21. The maximum atomic E-state index is 6.07. The van der Waals surface area contributed by atoms with Gasteiger partial charge in [0.05, 0.1) is 11.6 Å². The molecule has 0 bridgehead atoms. The molecule has 3 nitrogen and oxygen atoms in total. The third-order valence-electron chi connectivity index (χ3n) is 1.99. The third kappa shape index (κ3) is 1.72. The van der Waals surface area contributed by atoms with Crippen molar-refractivity contribution in [3.63, 3.8) is 0 Å². The van der Waals surface area contributed by atoms with Crippen LogP contribution < -0.4 is 0 Å². The van der Waals surface area contributed by atoms with Gasteiger partial charge in [-0.2, -0.15) is 11.8 Å². The van der Waals surface area contributed by atoms with Gasteiger partial charge in [-0.3, -0.25) is 0 Å². The summed E-state index contributed by atoms with van der Waals surface area (Å²) < 4.78 is 1.86. The van der Waals surface area contributed by atoms with E-state index in [1.165, 1.54) is 0 Å². The smallest absolute Gasteiger partial charge is 0.114 e. The van der Waals surface area contributed by atoms with Crippen molar-refractivity contribution in [2.75, 3.05) is 12.0 Å². The molecule has 0 fully saturated rings. The molecule has 2 aromatic rings. The molecule has 0 aliphatic heterocycles. The highest BCUT2D eigenvalue weighted by molar-refractivity contribution is 7.98. The van der Waals surface area contributed by atoms with E-state index >= 15 is 0 Å². The first-order valence-electron chi connectivity index (χ1n) is 4.29. The standard InChI is InChI=1S/C9H10ClN3S/c1-14-6-5-13-9-7(10)3-2-4-8(9)11-12-13/h2-4H,5-6H2,1H3. The average molecular weight is 228 g/mol. The average Bonchev–Trinajstić information content (AvgIpc) is 2.59. The predicted molar refractivity (Wildman–Crippen MR) is 60.9 cm³/mol. The van der Waals surface area contributed by atoms with Crippen LogP contribution in [0.25, 0.3) is 11.0 Å². The van der Waals surface area contributed by atoms with E-state index in [0.717, 1.165) is 23.3 Å². The lowest BCUT2D eigenvalue weighted by atomic mass is 10.3. The van der Waals surface area contributed by atoms with E-state index in [9.17, 15) is 0 Å². The van der Waals surface area contributed by atoms with Gasteiger partial charge in [0.25, 0.3) is 0 Å². The molecule has 0 aliphatic carbocycles. The Labute approximate surface area is 91.4 Å². The van der Waals surface area contributed by atoms with Crippen LogP contribution >= 0.6 is 23.4 Å². The Bertz CT molecular complexity index is 441. The first-order chi connectivity index (χ1) is 6.83. The summed E-state index contributed by atoms with van der Waals surface area (Å²) in [6.45, 7) is 0.849. The molecule has 0 spiro atoms. The molecule has 0 atom stereocenters. The second-order valence-corrected chi connectivity index (χ2v) is 4.31. The lowest BCUT2D eigenvalue weighted by molar-refractivity contribution is 0.652. The van der Waals surface area contributed by atoms with Crippen LogP contribution in [0.2, 0.25) is 5.02 Å². The summed E-state index contributed by atoms with van der Waals surface area (Å²) in [5, 5.41) is 8.83. The van der Waals surface area contributed by atoms with Crippen LogP contribution in [0.1, 0.15) is 0 Å². The van der Waals surface area contributed by atoms with E-state index in [2.05, 4.69) is 16.6 Å². The van der Waals surface area contributed by atoms with E-state index in [1.807, 2.05) is 22.9 Å². The summed E-state index contributed by atoms with van der Waals surface area (Å²) in [6.07, 6.45) is 2.07. The summed E-state index contributed by atoms with van der Waals surface area (Å²) in [5.41, 5.74) is 1.79. The number of aryl methyl sites for hydroxylation is 1. The fraction of sp³-hybridized carbons (Fsp3) is 0.333. The normalized spacial score (nSPS) is 11.0. The Hall–Kier alpha value is -0.740. The molecule has 0 N–H and O–H groups in total. The number of fused-ring (bicyclic) bond motifs is 1. The first-order valence-corrected chi connectivity index (χ1v) is 6.07. The lowest BCUT2D eigenvalue weighted by Gasteiger charge is -2.00. The summed E-state index contributed by atoms with van der Waals surface area (Å²) in [4.78, 5) is 0. The van der Waals surface area contributed by atoms with Crippen molar-refractivity contribution in [2.24, 2.45) is 0 Å². The molecule has 0 saturated heterocycles. The minimum atomic E-state index is 0.716. The maximum absolute atomic E-state index is 6.07. The molecule has 74 valence electrons. The quantitative estimate of drug-likeness (QED) is 0.807. The molecule has 0 radical (unpaired) electrons. The number of halogens is 1. The Morgan fingerprint density at radius 3 is 3.14 bits per heavy atom. The molecular formula is C9H10ClN3S. The second-order valence-electron chi connectivity index (χ2n) is 2.91. The molecule has 0 aliphatic rings. The number of nitrogens with zero attached hydrogens (tertiary/aromatic N) is 3. The zero-order chi connectivity index (χ0) is 9.97. The molecule has 1 aromatic carbocycles. The van der Waals surface area contributed by atoms with Crippen LogP contribution in [0.4, 0.5) is 0 Å². The van der Waals surface area contributed by atoms with Gasteiger partial charge in [-0.1, -0.05) is 22.9 Å². The van der Waals surface area contributed by atoms with Crippen molar-refractivity contribution in [1.29, 1.82) is 0 Å². The number of hydrogen-bond acceptors (Lipinski definition) is 3. The first kappa shape index (κ1) is 9.80. The molecule has 1 heterocycles. The summed E-state index contributed by atoms with van der Waals surface area (Å²) in [7, 11) is 0. The van der Waals surface area contributed by atoms with Gasteiger partial charge < -0.3 is 0 Å². The molecule has 1 aromatic heterocycles. The second kappa shape index (κ2) is 4.19. The Kier molecular flexibility index (Phi) is 2.93. The number of hydrogen-bond donors (Lipinski definition) is 0. The highest BCUT2D eigenvalue weighted by Crippen LogP contribution is 2.21. The zero-order valence-corrected chi connectivity index (χ0v) is 9.35. The van der Waals surface area contributed by atoms with Gasteiger partial charge in [0.2, 0.25) is 0 Å². The molecule has 2 rings (SSSR count). The number of aromatic nitrogens is 3. The number of para-hydroxylation sites is 1.